The van der Waals surface area contributed by atoms with Gasteiger partial charge >= 0.3 is 0 Å². The van der Waals surface area contributed by atoms with Crippen LogP contribution in [0.2, 0.25) is 0 Å². The second kappa shape index (κ2) is 5.38. The van der Waals surface area contributed by atoms with Crippen molar-refractivity contribution in [2.24, 2.45) is 5.73 Å². The average Bonchev–Trinajstić information content (AvgIpc) is 3.18. The molecule has 2 aliphatic rings. The Hall–Kier alpha value is -0.650. The molecule has 1 aliphatic carbocycles. The molecule has 5 heteroatoms. The maximum Gasteiger partial charge on any atom is 0.185 e. The Labute approximate surface area is 119 Å². The van der Waals surface area contributed by atoms with Crippen molar-refractivity contribution in [2.45, 2.75) is 44.2 Å². The van der Waals surface area contributed by atoms with Crippen LogP contribution in [0.25, 0.3) is 0 Å². The van der Waals surface area contributed by atoms with Crippen LogP contribution in [0.15, 0.2) is 0 Å². The quantitative estimate of drug-likeness (QED) is 0.916. The molecule has 1 aromatic heterocycles. The number of aromatic nitrogens is 1. The number of hydrogen-bond acceptors (Lipinski definition) is 5. The van der Waals surface area contributed by atoms with Gasteiger partial charge in [-0.15, -0.1) is 11.3 Å². The molecule has 0 amide bonds. The lowest BCUT2D eigenvalue weighted by Crippen LogP contribution is -2.41. The van der Waals surface area contributed by atoms with E-state index in [2.05, 4.69) is 23.9 Å². The first kappa shape index (κ1) is 13.3. The summed E-state index contributed by atoms with van der Waals surface area (Å²) in [6.07, 6.45) is 5.09. The third-order valence-corrected chi connectivity index (χ3v) is 5.49. The van der Waals surface area contributed by atoms with Crippen molar-refractivity contribution >= 4 is 16.5 Å². The lowest BCUT2D eigenvalue weighted by Gasteiger charge is -2.35. The number of rotatable bonds is 4. The first-order valence-electron chi connectivity index (χ1n) is 7.30. The van der Waals surface area contributed by atoms with Gasteiger partial charge in [-0.25, -0.2) is 4.98 Å². The molecule has 3 rings (SSSR count). The Bertz CT molecular complexity index is 431. The van der Waals surface area contributed by atoms with Crippen LogP contribution in [-0.4, -0.2) is 43.1 Å². The highest BCUT2D eigenvalue weighted by Gasteiger charge is 2.31. The Balaban J connectivity index is 1.69. The summed E-state index contributed by atoms with van der Waals surface area (Å²) in [5.41, 5.74) is 7.17. The summed E-state index contributed by atoms with van der Waals surface area (Å²) < 4.78 is 0. The highest BCUT2D eigenvalue weighted by atomic mass is 32.1. The average molecular weight is 280 g/mol. The first-order chi connectivity index (χ1) is 9.19. The molecule has 19 heavy (non-hydrogen) atoms. The fraction of sp³-hybridized carbons (Fsp3) is 0.786. The normalized spacial score (nSPS) is 21.4. The van der Waals surface area contributed by atoms with E-state index in [1.807, 2.05) is 11.3 Å². The van der Waals surface area contributed by atoms with Gasteiger partial charge in [-0.1, -0.05) is 0 Å². The van der Waals surface area contributed by atoms with E-state index in [4.69, 9.17) is 10.7 Å². The maximum atomic E-state index is 5.87. The summed E-state index contributed by atoms with van der Waals surface area (Å²) in [6.45, 7) is 2.91. The number of hydrogen-bond donors (Lipinski definition) is 1. The summed E-state index contributed by atoms with van der Waals surface area (Å²) in [4.78, 5) is 11.0. The molecule has 2 N–H and O–H groups in total. The van der Waals surface area contributed by atoms with Crippen LogP contribution in [0, 0.1) is 0 Å². The molecule has 4 nitrogen and oxygen atoms in total. The molecule has 2 fully saturated rings. The predicted octanol–water partition coefficient (Wildman–Crippen LogP) is 2.01. The Kier molecular flexibility index (Phi) is 3.78. The molecular weight excluding hydrogens is 256 g/mol. The highest BCUT2D eigenvalue weighted by molar-refractivity contribution is 7.15. The smallest absolute Gasteiger partial charge is 0.185 e. The molecule has 106 valence electrons. The zero-order valence-electron chi connectivity index (χ0n) is 11.9. The predicted molar refractivity (Wildman–Crippen MR) is 80.9 cm³/mol. The molecule has 0 unspecified atom stereocenters. The van der Waals surface area contributed by atoms with E-state index in [-0.39, 0.29) is 0 Å². The number of thiazole rings is 1. The lowest BCUT2D eigenvalue weighted by atomic mass is 10.0. The van der Waals surface area contributed by atoms with E-state index in [1.165, 1.54) is 41.4 Å². The number of piperidine rings is 1. The van der Waals surface area contributed by atoms with Gasteiger partial charge in [0.1, 0.15) is 0 Å². The van der Waals surface area contributed by atoms with Crippen molar-refractivity contribution in [3.8, 4) is 0 Å². The number of nitrogens with two attached hydrogens (primary N) is 1. The summed E-state index contributed by atoms with van der Waals surface area (Å²) in [5.74, 6) is 0.711. The molecule has 2 heterocycles. The third-order valence-electron chi connectivity index (χ3n) is 4.33. The largest absolute Gasteiger partial charge is 0.348 e. The van der Waals surface area contributed by atoms with E-state index < -0.39 is 0 Å². The zero-order chi connectivity index (χ0) is 13.4. The van der Waals surface area contributed by atoms with Gasteiger partial charge in [0.05, 0.1) is 5.69 Å². The van der Waals surface area contributed by atoms with Gasteiger partial charge in [0.25, 0.3) is 0 Å². The molecule has 1 aliphatic heterocycles. The summed E-state index contributed by atoms with van der Waals surface area (Å²) in [6, 6.07) is 0.730. The fourth-order valence-corrected chi connectivity index (χ4v) is 3.96. The molecule has 1 saturated carbocycles. The molecule has 0 radical (unpaired) electrons. The van der Waals surface area contributed by atoms with Gasteiger partial charge < -0.3 is 15.5 Å². The maximum absolute atomic E-state index is 5.87. The minimum Gasteiger partial charge on any atom is -0.348 e. The van der Waals surface area contributed by atoms with Crippen molar-refractivity contribution in [1.29, 1.82) is 0 Å². The van der Waals surface area contributed by atoms with E-state index in [0.29, 0.717) is 12.5 Å². The van der Waals surface area contributed by atoms with Crippen LogP contribution >= 0.6 is 11.3 Å². The van der Waals surface area contributed by atoms with E-state index in [1.54, 1.807) is 0 Å². The minimum absolute atomic E-state index is 0.650. The first-order valence-corrected chi connectivity index (χ1v) is 8.11. The standard InChI is InChI=1S/C14H24N4S/c1-17(2)11-5-7-18(8-6-11)14-16-13(10-3-4-10)12(9-15)19-14/h10-11H,3-9,15H2,1-2H3. The second-order valence-corrected chi connectivity index (χ2v) is 7.03. The van der Waals surface area contributed by atoms with E-state index >= 15 is 0 Å². The van der Waals surface area contributed by atoms with Crippen molar-refractivity contribution in [2.75, 3.05) is 32.1 Å². The Morgan fingerprint density at radius 2 is 1.95 bits per heavy atom. The monoisotopic (exact) mass is 280 g/mol. The third kappa shape index (κ3) is 2.78. The van der Waals surface area contributed by atoms with Crippen molar-refractivity contribution < 1.29 is 0 Å². The molecule has 0 spiro atoms. The molecule has 1 aromatic rings. The van der Waals surface area contributed by atoms with Crippen LogP contribution in [0.4, 0.5) is 5.13 Å². The Morgan fingerprint density at radius 3 is 2.47 bits per heavy atom. The summed E-state index contributed by atoms with van der Waals surface area (Å²) >= 11 is 1.82. The highest BCUT2D eigenvalue weighted by Crippen LogP contribution is 2.44. The SMILES string of the molecule is CN(C)C1CCN(c2nc(C3CC3)c(CN)s2)CC1. The van der Waals surface area contributed by atoms with Crippen LogP contribution in [0.5, 0.6) is 0 Å². The van der Waals surface area contributed by atoms with Gasteiger partial charge in [0.15, 0.2) is 5.13 Å². The molecule has 1 saturated heterocycles. The van der Waals surface area contributed by atoms with Gasteiger partial charge in [-0.3, -0.25) is 0 Å². The van der Waals surface area contributed by atoms with Crippen LogP contribution in [-0.2, 0) is 6.54 Å². The van der Waals surface area contributed by atoms with E-state index in [0.717, 1.165) is 19.1 Å². The number of nitrogens with zero attached hydrogens (tertiary/aromatic N) is 3. The van der Waals surface area contributed by atoms with Crippen molar-refractivity contribution in [3.05, 3.63) is 10.6 Å². The number of anilines is 1. The molecule has 0 bridgehead atoms. The lowest BCUT2D eigenvalue weighted by molar-refractivity contribution is 0.249. The van der Waals surface area contributed by atoms with Crippen LogP contribution < -0.4 is 10.6 Å². The van der Waals surface area contributed by atoms with Gasteiger partial charge in [-0.05, 0) is 39.8 Å². The Morgan fingerprint density at radius 1 is 1.26 bits per heavy atom. The molecule has 0 atom stereocenters. The molecule has 0 aromatic carbocycles. The van der Waals surface area contributed by atoms with Crippen LogP contribution in [0.3, 0.4) is 0 Å². The molecular formula is C14H24N4S. The van der Waals surface area contributed by atoms with Crippen LogP contribution in [0.1, 0.15) is 42.2 Å². The van der Waals surface area contributed by atoms with Crippen molar-refractivity contribution in [3.63, 3.8) is 0 Å². The zero-order valence-corrected chi connectivity index (χ0v) is 12.7. The second-order valence-electron chi connectivity index (χ2n) is 5.97. The summed E-state index contributed by atoms with van der Waals surface area (Å²) in [5, 5.41) is 1.21. The fourth-order valence-electron chi connectivity index (χ4n) is 2.88. The van der Waals surface area contributed by atoms with Gasteiger partial charge in [0.2, 0.25) is 0 Å². The van der Waals surface area contributed by atoms with Gasteiger partial charge in [-0.2, -0.15) is 0 Å². The topological polar surface area (TPSA) is 45.4 Å². The van der Waals surface area contributed by atoms with E-state index in [9.17, 15) is 0 Å². The van der Waals surface area contributed by atoms with Gasteiger partial charge in [0, 0.05) is 36.5 Å². The minimum atomic E-state index is 0.650. The summed E-state index contributed by atoms with van der Waals surface area (Å²) in [7, 11) is 4.36. The van der Waals surface area contributed by atoms with Crippen molar-refractivity contribution in [1.82, 2.24) is 9.88 Å².